The van der Waals surface area contributed by atoms with Gasteiger partial charge in [0, 0.05) is 24.0 Å². The van der Waals surface area contributed by atoms with Crippen LogP contribution in [0.1, 0.15) is 21.6 Å². The van der Waals surface area contributed by atoms with Crippen LogP contribution in [0.5, 0.6) is 0 Å². The summed E-state index contributed by atoms with van der Waals surface area (Å²) in [5.74, 6) is 0.358. The van der Waals surface area contributed by atoms with Crippen LogP contribution in [0.15, 0.2) is 60.9 Å². The zero-order valence-electron chi connectivity index (χ0n) is 13.9. The molecule has 4 rings (SSSR count). The van der Waals surface area contributed by atoms with E-state index in [0.717, 1.165) is 17.8 Å². The number of carbonyl (C=O) groups excluding carboxylic acids is 1. The number of aromatic nitrogens is 2. The first-order valence-corrected chi connectivity index (χ1v) is 8.23. The molecule has 0 spiro atoms. The second-order valence-electron chi connectivity index (χ2n) is 5.94. The first-order chi connectivity index (χ1) is 12.7. The van der Waals surface area contributed by atoms with E-state index in [1.54, 1.807) is 29.2 Å². The zero-order valence-corrected chi connectivity index (χ0v) is 13.9. The van der Waals surface area contributed by atoms with Gasteiger partial charge in [-0.15, -0.1) is 0 Å². The molecular formula is C20H15N5O. The highest BCUT2D eigenvalue weighted by molar-refractivity contribution is 6.06. The molecule has 0 unspecified atom stereocenters. The second-order valence-corrected chi connectivity index (χ2v) is 5.94. The summed E-state index contributed by atoms with van der Waals surface area (Å²) in [4.78, 5) is 22.9. The largest absolute Gasteiger partial charge is 0.340 e. The average molecular weight is 341 g/mol. The van der Waals surface area contributed by atoms with Gasteiger partial charge in [0.05, 0.1) is 11.6 Å². The molecule has 126 valence electrons. The number of anilines is 3. The highest BCUT2D eigenvalue weighted by atomic mass is 16.2. The lowest BCUT2D eigenvalue weighted by molar-refractivity contribution is 0.0984. The number of hydrogen-bond acceptors (Lipinski definition) is 5. The van der Waals surface area contributed by atoms with Gasteiger partial charge in [0.2, 0.25) is 0 Å². The minimum atomic E-state index is -0.147. The van der Waals surface area contributed by atoms with Crippen LogP contribution in [0.3, 0.4) is 0 Å². The predicted octanol–water partition coefficient (Wildman–Crippen LogP) is 3.29. The summed E-state index contributed by atoms with van der Waals surface area (Å²) in [7, 11) is 0. The summed E-state index contributed by atoms with van der Waals surface area (Å²) in [5.41, 5.74) is 3.71. The van der Waals surface area contributed by atoms with Gasteiger partial charge in [-0.05, 0) is 36.2 Å². The summed E-state index contributed by atoms with van der Waals surface area (Å²) in [6.07, 6.45) is 2.21. The van der Waals surface area contributed by atoms with Crippen LogP contribution < -0.4 is 10.2 Å². The van der Waals surface area contributed by atoms with Gasteiger partial charge in [0.15, 0.2) is 0 Å². The van der Waals surface area contributed by atoms with Crippen molar-refractivity contribution in [3.63, 3.8) is 0 Å². The van der Waals surface area contributed by atoms with Crippen molar-refractivity contribution >= 4 is 23.1 Å². The summed E-state index contributed by atoms with van der Waals surface area (Å²) < 4.78 is 0. The third-order valence-corrected chi connectivity index (χ3v) is 4.28. The molecule has 2 aromatic carbocycles. The average Bonchev–Trinajstić information content (AvgIpc) is 3.12. The Morgan fingerprint density at radius 1 is 1.12 bits per heavy atom. The number of benzene rings is 2. The number of nitrogens with zero attached hydrogens (tertiary/aromatic N) is 4. The second kappa shape index (κ2) is 6.65. The van der Waals surface area contributed by atoms with Crippen molar-refractivity contribution in [2.45, 2.75) is 6.42 Å². The van der Waals surface area contributed by atoms with E-state index in [9.17, 15) is 4.79 Å². The van der Waals surface area contributed by atoms with E-state index in [2.05, 4.69) is 21.4 Å². The fourth-order valence-electron chi connectivity index (χ4n) is 3.04. The normalized spacial score (nSPS) is 12.3. The Hall–Kier alpha value is -3.72. The Labute approximate surface area is 150 Å². The van der Waals surface area contributed by atoms with Gasteiger partial charge in [0.1, 0.15) is 17.8 Å². The highest BCUT2D eigenvalue weighted by Crippen LogP contribution is 2.28. The lowest BCUT2D eigenvalue weighted by atomic mass is 10.2. The van der Waals surface area contributed by atoms with Gasteiger partial charge in [-0.3, -0.25) is 4.79 Å². The fraction of sp³-hybridized carbons (Fsp3) is 0.100. The number of hydrogen-bond donors (Lipinski definition) is 1. The monoisotopic (exact) mass is 341 g/mol. The molecule has 1 amide bonds. The van der Waals surface area contributed by atoms with Crippen LogP contribution in [0.2, 0.25) is 0 Å². The lowest BCUT2D eigenvalue weighted by Crippen LogP contribution is -2.29. The van der Waals surface area contributed by atoms with Crippen LogP contribution in [0, 0.1) is 11.3 Å². The Kier molecular flexibility index (Phi) is 4.04. The number of amides is 1. The third kappa shape index (κ3) is 2.98. The Morgan fingerprint density at radius 2 is 2.00 bits per heavy atom. The molecule has 0 aliphatic carbocycles. The van der Waals surface area contributed by atoms with E-state index in [0.29, 0.717) is 23.6 Å². The van der Waals surface area contributed by atoms with E-state index >= 15 is 0 Å². The molecule has 0 fully saturated rings. The van der Waals surface area contributed by atoms with Crippen LogP contribution in [-0.4, -0.2) is 22.4 Å². The Morgan fingerprint density at radius 3 is 2.88 bits per heavy atom. The van der Waals surface area contributed by atoms with Crippen LogP contribution in [-0.2, 0) is 6.42 Å². The van der Waals surface area contributed by atoms with Crippen LogP contribution in [0.4, 0.5) is 17.2 Å². The molecular weight excluding hydrogens is 326 g/mol. The smallest absolute Gasteiger partial charge is 0.277 e. The number of nitriles is 1. The van der Waals surface area contributed by atoms with Crippen molar-refractivity contribution in [1.29, 1.82) is 5.26 Å². The van der Waals surface area contributed by atoms with E-state index in [1.807, 2.05) is 30.3 Å². The molecule has 1 aliphatic rings. The Bertz CT molecular complexity index is 1020. The molecule has 0 saturated heterocycles. The van der Waals surface area contributed by atoms with E-state index in [4.69, 9.17) is 5.26 Å². The molecule has 6 heteroatoms. The summed E-state index contributed by atoms with van der Waals surface area (Å²) in [5, 5.41) is 12.1. The van der Waals surface area contributed by atoms with Gasteiger partial charge in [-0.2, -0.15) is 5.26 Å². The first kappa shape index (κ1) is 15.8. The molecule has 1 aliphatic heterocycles. The number of carbonyl (C=O) groups is 1. The molecule has 0 radical (unpaired) electrons. The van der Waals surface area contributed by atoms with E-state index in [1.165, 1.54) is 11.9 Å². The van der Waals surface area contributed by atoms with Crippen LogP contribution >= 0.6 is 0 Å². The minimum Gasteiger partial charge on any atom is -0.340 e. The van der Waals surface area contributed by atoms with Crippen LogP contribution in [0.25, 0.3) is 0 Å². The van der Waals surface area contributed by atoms with Gasteiger partial charge >= 0.3 is 0 Å². The topological polar surface area (TPSA) is 81.9 Å². The van der Waals surface area contributed by atoms with Crippen molar-refractivity contribution in [1.82, 2.24) is 9.97 Å². The number of fused-ring (bicyclic) bond motifs is 1. The quantitative estimate of drug-likeness (QED) is 0.790. The van der Waals surface area contributed by atoms with E-state index in [-0.39, 0.29) is 5.91 Å². The first-order valence-electron chi connectivity index (χ1n) is 8.23. The molecule has 6 nitrogen and oxygen atoms in total. The Balaban J connectivity index is 1.58. The maximum absolute atomic E-state index is 12.9. The molecule has 1 aromatic heterocycles. The molecule has 3 aromatic rings. The number of para-hydroxylation sites is 1. The maximum Gasteiger partial charge on any atom is 0.277 e. The number of rotatable bonds is 3. The van der Waals surface area contributed by atoms with Crippen molar-refractivity contribution in [3.05, 3.63) is 77.7 Å². The fourth-order valence-corrected chi connectivity index (χ4v) is 3.04. The molecule has 2 heterocycles. The van der Waals surface area contributed by atoms with Crippen molar-refractivity contribution in [2.75, 3.05) is 16.8 Å². The third-order valence-electron chi connectivity index (χ3n) is 4.28. The van der Waals surface area contributed by atoms with Gasteiger partial charge < -0.3 is 10.2 Å². The molecule has 1 N–H and O–H groups in total. The lowest BCUT2D eigenvalue weighted by Gasteiger charge is -2.17. The van der Waals surface area contributed by atoms with Crippen molar-refractivity contribution in [2.24, 2.45) is 0 Å². The van der Waals surface area contributed by atoms with Crippen molar-refractivity contribution < 1.29 is 4.79 Å². The summed E-state index contributed by atoms with van der Waals surface area (Å²) >= 11 is 0. The standard InChI is InChI=1S/C20H15N5O/c21-12-14-4-3-6-16(10-14)24-19-11-17(22-13-23-19)20(26)25-9-8-15-5-1-2-7-18(15)25/h1-7,10-11,13H,8-9H2,(H,22,23,24). The van der Waals surface area contributed by atoms with Gasteiger partial charge in [-0.1, -0.05) is 24.3 Å². The molecule has 0 atom stereocenters. The van der Waals surface area contributed by atoms with Gasteiger partial charge in [0.25, 0.3) is 5.91 Å². The SMILES string of the molecule is N#Cc1cccc(Nc2cc(C(=O)N3CCc4ccccc43)ncn2)c1. The summed E-state index contributed by atoms with van der Waals surface area (Å²) in [6.45, 7) is 0.648. The molecule has 0 bridgehead atoms. The molecule has 26 heavy (non-hydrogen) atoms. The molecule has 0 saturated carbocycles. The zero-order chi connectivity index (χ0) is 17.9. The van der Waals surface area contributed by atoms with E-state index < -0.39 is 0 Å². The maximum atomic E-state index is 12.9. The van der Waals surface area contributed by atoms with Crippen molar-refractivity contribution in [3.8, 4) is 6.07 Å². The minimum absolute atomic E-state index is 0.147. The highest BCUT2D eigenvalue weighted by Gasteiger charge is 2.26. The number of nitrogens with one attached hydrogen (secondary N) is 1. The van der Waals surface area contributed by atoms with Gasteiger partial charge in [-0.25, -0.2) is 9.97 Å². The summed E-state index contributed by atoms with van der Waals surface area (Å²) in [6, 6.07) is 18.7. The predicted molar refractivity (Wildman–Crippen MR) is 98.3 cm³/mol.